The molecule has 1 N–H and O–H groups in total. The first kappa shape index (κ1) is 25.4. The molecule has 0 spiro atoms. The molecule has 1 amide bonds. The summed E-state index contributed by atoms with van der Waals surface area (Å²) in [6, 6.07) is 9.77. The first-order chi connectivity index (χ1) is 16.4. The number of para-hydroxylation sites is 1. The number of carbonyl (C=O) groups excluding carboxylic acids is 1. The highest BCUT2D eigenvalue weighted by molar-refractivity contribution is 7.99. The van der Waals surface area contributed by atoms with Gasteiger partial charge in [-0.1, -0.05) is 37.7 Å². The zero-order chi connectivity index (χ0) is 24.7. The highest BCUT2D eigenvalue weighted by Crippen LogP contribution is 2.41. The van der Waals surface area contributed by atoms with E-state index in [1.165, 1.54) is 39.2 Å². The van der Waals surface area contributed by atoms with Gasteiger partial charge in [-0.2, -0.15) is 0 Å². The summed E-state index contributed by atoms with van der Waals surface area (Å²) in [6.45, 7) is 4.80. The highest BCUT2D eigenvalue weighted by Gasteiger charge is 2.22. The molecule has 0 aliphatic carbocycles. The summed E-state index contributed by atoms with van der Waals surface area (Å²) in [4.78, 5) is 12.3. The van der Waals surface area contributed by atoms with Crippen LogP contribution in [-0.2, 0) is 4.79 Å². The molecule has 1 heterocycles. The average Bonchev–Trinajstić information content (AvgIpc) is 3.25. The molecule has 0 bridgehead atoms. The van der Waals surface area contributed by atoms with Gasteiger partial charge in [0.2, 0.25) is 11.7 Å². The van der Waals surface area contributed by atoms with Crippen molar-refractivity contribution in [3.8, 4) is 34.3 Å². The zero-order valence-electron chi connectivity index (χ0n) is 19.9. The van der Waals surface area contributed by atoms with Crippen molar-refractivity contribution in [2.45, 2.75) is 25.4 Å². The average molecular weight is 489 g/mol. The molecule has 34 heavy (non-hydrogen) atoms. The third-order valence-corrected chi connectivity index (χ3v) is 5.95. The third kappa shape index (κ3) is 5.80. The fourth-order valence-corrected chi connectivity index (χ4v) is 4.07. The molecule has 182 valence electrons. The lowest BCUT2D eigenvalue weighted by molar-refractivity contribution is -0.118. The van der Waals surface area contributed by atoms with Crippen molar-refractivity contribution in [2.24, 2.45) is 5.92 Å². The summed E-state index contributed by atoms with van der Waals surface area (Å²) in [7, 11) is 4.55. The number of hydrogen-bond acceptors (Lipinski definition) is 7. The Morgan fingerprint density at radius 2 is 1.76 bits per heavy atom. The molecule has 8 nitrogen and oxygen atoms in total. The van der Waals surface area contributed by atoms with Crippen LogP contribution in [0.25, 0.3) is 17.1 Å². The summed E-state index contributed by atoms with van der Waals surface area (Å²) in [5.74, 6) is 1.71. The normalized spacial score (nSPS) is 10.9. The molecule has 10 heteroatoms. The van der Waals surface area contributed by atoms with Gasteiger partial charge < -0.3 is 19.5 Å². The van der Waals surface area contributed by atoms with E-state index in [4.69, 9.17) is 14.2 Å². The van der Waals surface area contributed by atoms with E-state index in [-0.39, 0.29) is 17.3 Å². The third-order valence-electron chi connectivity index (χ3n) is 5.03. The molecule has 0 unspecified atom stereocenters. The second kappa shape index (κ2) is 11.7. The van der Waals surface area contributed by atoms with Gasteiger partial charge in [-0.15, -0.1) is 10.2 Å². The fourth-order valence-electron chi connectivity index (χ4n) is 3.29. The first-order valence-corrected chi connectivity index (χ1v) is 11.8. The van der Waals surface area contributed by atoms with Crippen molar-refractivity contribution in [2.75, 3.05) is 33.6 Å². The zero-order valence-corrected chi connectivity index (χ0v) is 20.7. The van der Waals surface area contributed by atoms with Crippen molar-refractivity contribution in [1.82, 2.24) is 20.1 Å². The summed E-state index contributed by atoms with van der Waals surface area (Å²) in [6.07, 6.45) is 0.896. The molecule has 0 saturated heterocycles. The van der Waals surface area contributed by atoms with Gasteiger partial charge in [0, 0.05) is 12.1 Å². The van der Waals surface area contributed by atoms with E-state index in [1.54, 1.807) is 34.9 Å². The minimum atomic E-state index is -0.445. The largest absolute Gasteiger partial charge is 0.493 e. The Morgan fingerprint density at radius 3 is 2.35 bits per heavy atom. The van der Waals surface area contributed by atoms with E-state index in [0.717, 1.165) is 6.42 Å². The molecule has 3 rings (SSSR count). The predicted octanol–water partition coefficient (Wildman–Crippen LogP) is 4.35. The number of thioether (sulfide) groups is 1. The fraction of sp³-hybridized carbons (Fsp3) is 0.375. The van der Waals surface area contributed by atoms with Gasteiger partial charge >= 0.3 is 0 Å². The Hall–Kier alpha value is -3.27. The van der Waals surface area contributed by atoms with Crippen LogP contribution in [0, 0.1) is 11.7 Å². The van der Waals surface area contributed by atoms with Gasteiger partial charge in [0.05, 0.1) is 32.8 Å². The Morgan fingerprint density at radius 1 is 1.09 bits per heavy atom. The quantitative estimate of drug-likeness (QED) is 0.402. The topological polar surface area (TPSA) is 87.5 Å². The summed E-state index contributed by atoms with van der Waals surface area (Å²) in [5, 5.41) is 11.9. The maximum Gasteiger partial charge on any atom is 0.230 e. The van der Waals surface area contributed by atoms with E-state index >= 15 is 0 Å². The molecule has 0 aliphatic rings. The van der Waals surface area contributed by atoms with Crippen LogP contribution in [0.4, 0.5) is 4.39 Å². The van der Waals surface area contributed by atoms with E-state index in [9.17, 15) is 9.18 Å². The lowest BCUT2D eigenvalue weighted by Crippen LogP contribution is -2.27. The van der Waals surface area contributed by atoms with E-state index in [1.807, 2.05) is 0 Å². The molecule has 0 fully saturated rings. The van der Waals surface area contributed by atoms with Crippen molar-refractivity contribution < 1.29 is 23.4 Å². The summed E-state index contributed by atoms with van der Waals surface area (Å²) in [5.41, 5.74) is 0.845. The number of halogens is 1. The van der Waals surface area contributed by atoms with Crippen molar-refractivity contribution in [3.05, 3.63) is 42.2 Å². The predicted molar refractivity (Wildman–Crippen MR) is 130 cm³/mol. The molecule has 0 atom stereocenters. The van der Waals surface area contributed by atoms with Crippen LogP contribution >= 0.6 is 11.8 Å². The standard InChI is InChI=1S/C24H29FN4O4S/c1-15(2)10-11-26-21(30)14-34-24-28-27-23(29(24)18-9-7-6-8-17(18)25)16-12-19(31-3)22(33-5)20(13-16)32-4/h6-9,12-13,15H,10-11,14H2,1-5H3,(H,26,30). The van der Waals surface area contributed by atoms with Crippen LogP contribution in [-0.4, -0.2) is 54.3 Å². The van der Waals surface area contributed by atoms with Crippen molar-refractivity contribution in [3.63, 3.8) is 0 Å². The Labute approximate surface area is 202 Å². The first-order valence-electron chi connectivity index (χ1n) is 10.8. The van der Waals surface area contributed by atoms with E-state index < -0.39 is 5.82 Å². The SMILES string of the molecule is COc1cc(-c2nnc(SCC(=O)NCCC(C)C)n2-c2ccccc2F)cc(OC)c1OC. The van der Waals surface area contributed by atoms with Crippen molar-refractivity contribution >= 4 is 17.7 Å². The minimum Gasteiger partial charge on any atom is -0.493 e. The number of ether oxygens (including phenoxy) is 3. The number of carbonyl (C=O) groups is 1. The second-order valence-corrected chi connectivity index (χ2v) is 8.77. The second-order valence-electron chi connectivity index (χ2n) is 7.83. The van der Waals surface area contributed by atoms with Gasteiger partial charge in [-0.05, 0) is 36.6 Å². The monoisotopic (exact) mass is 488 g/mol. The van der Waals surface area contributed by atoms with Crippen LogP contribution in [0.1, 0.15) is 20.3 Å². The molecule has 3 aromatic rings. The molecule has 0 aliphatic heterocycles. The van der Waals surface area contributed by atoms with Gasteiger partial charge in [-0.25, -0.2) is 4.39 Å². The van der Waals surface area contributed by atoms with Gasteiger partial charge in [0.15, 0.2) is 22.5 Å². The Balaban J connectivity index is 2.01. The highest BCUT2D eigenvalue weighted by atomic mass is 32.2. The minimum absolute atomic E-state index is 0.122. The number of methoxy groups -OCH3 is 3. The van der Waals surface area contributed by atoms with Crippen LogP contribution < -0.4 is 19.5 Å². The Bertz CT molecular complexity index is 1110. The number of nitrogens with one attached hydrogen (secondary N) is 1. The maximum atomic E-state index is 14.8. The van der Waals surface area contributed by atoms with Crippen molar-refractivity contribution in [1.29, 1.82) is 0 Å². The molecular weight excluding hydrogens is 459 g/mol. The Kier molecular flexibility index (Phi) is 8.75. The van der Waals surface area contributed by atoms with E-state index in [0.29, 0.717) is 46.3 Å². The van der Waals surface area contributed by atoms with Gasteiger partial charge in [-0.3, -0.25) is 9.36 Å². The van der Waals surface area contributed by atoms with Gasteiger partial charge in [0.1, 0.15) is 5.82 Å². The lowest BCUT2D eigenvalue weighted by Gasteiger charge is -2.15. The van der Waals surface area contributed by atoms with Crippen LogP contribution in [0.2, 0.25) is 0 Å². The smallest absolute Gasteiger partial charge is 0.230 e. The number of benzene rings is 2. The van der Waals surface area contributed by atoms with Crippen LogP contribution in [0.5, 0.6) is 17.2 Å². The lowest BCUT2D eigenvalue weighted by atomic mass is 10.1. The van der Waals surface area contributed by atoms with Crippen LogP contribution in [0.15, 0.2) is 41.6 Å². The summed E-state index contributed by atoms with van der Waals surface area (Å²) < 4.78 is 32.7. The summed E-state index contributed by atoms with van der Waals surface area (Å²) >= 11 is 1.18. The molecule has 0 radical (unpaired) electrons. The maximum absolute atomic E-state index is 14.8. The van der Waals surface area contributed by atoms with Crippen LogP contribution in [0.3, 0.4) is 0 Å². The number of aromatic nitrogens is 3. The number of rotatable bonds is 11. The van der Waals surface area contributed by atoms with Gasteiger partial charge in [0.25, 0.3) is 0 Å². The number of nitrogens with zero attached hydrogens (tertiary/aromatic N) is 3. The molecule has 2 aromatic carbocycles. The molecular formula is C24H29FN4O4S. The molecule has 0 saturated carbocycles. The molecule has 1 aromatic heterocycles. The number of hydrogen-bond donors (Lipinski definition) is 1. The van der Waals surface area contributed by atoms with E-state index in [2.05, 4.69) is 29.4 Å². The number of amides is 1.